The van der Waals surface area contributed by atoms with Crippen LogP contribution in [-0.2, 0) is 0 Å². The second kappa shape index (κ2) is 6.82. The quantitative estimate of drug-likeness (QED) is 0.511. The van der Waals surface area contributed by atoms with Gasteiger partial charge in [-0.05, 0) is 19.9 Å². The van der Waals surface area contributed by atoms with Crippen molar-refractivity contribution in [1.82, 2.24) is 4.90 Å². The van der Waals surface area contributed by atoms with Crippen molar-refractivity contribution in [1.29, 1.82) is 0 Å². The molecule has 0 bridgehead atoms. The summed E-state index contributed by atoms with van der Waals surface area (Å²) in [7, 11) is 0. The smallest absolute Gasteiger partial charge is 0.191 e. The van der Waals surface area contributed by atoms with Crippen LogP contribution in [0.4, 0.5) is 0 Å². The first-order chi connectivity index (χ1) is 8.26. The third kappa shape index (κ3) is 3.07. The van der Waals surface area contributed by atoms with E-state index in [4.69, 9.17) is 10.5 Å². The van der Waals surface area contributed by atoms with E-state index >= 15 is 0 Å². The lowest BCUT2D eigenvalue weighted by Gasteiger charge is -2.20. The fourth-order valence-electron chi connectivity index (χ4n) is 2.04. The number of benzene rings is 1. The minimum absolute atomic E-state index is 0. The standard InChI is InChI=1S/C13H19N3O.HI/c1-3-16(4-2)13(14)15-11-9-17-12-8-6-5-7-10(11)12;/h5-8,11H,3-4,9H2,1-2H3,(H2,14,15);1H. The van der Waals surface area contributed by atoms with Gasteiger partial charge in [-0.1, -0.05) is 18.2 Å². The first-order valence-electron chi connectivity index (χ1n) is 6.06. The van der Waals surface area contributed by atoms with Crippen LogP contribution in [0.5, 0.6) is 5.75 Å². The predicted octanol–water partition coefficient (Wildman–Crippen LogP) is 2.39. The fourth-order valence-corrected chi connectivity index (χ4v) is 2.04. The van der Waals surface area contributed by atoms with Gasteiger partial charge in [0.25, 0.3) is 0 Å². The summed E-state index contributed by atoms with van der Waals surface area (Å²) in [4.78, 5) is 6.60. The minimum atomic E-state index is 0. The highest BCUT2D eigenvalue weighted by Gasteiger charge is 2.23. The van der Waals surface area contributed by atoms with Gasteiger partial charge in [0.1, 0.15) is 18.4 Å². The van der Waals surface area contributed by atoms with Crippen molar-refractivity contribution >= 4 is 29.9 Å². The molecule has 0 aliphatic carbocycles. The number of ether oxygens (including phenoxy) is 1. The molecule has 1 heterocycles. The Morgan fingerprint density at radius 1 is 1.39 bits per heavy atom. The summed E-state index contributed by atoms with van der Waals surface area (Å²) in [6, 6.07) is 8.03. The maximum absolute atomic E-state index is 6.00. The molecule has 0 saturated heterocycles. The molecule has 1 atom stereocenters. The van der Waals surface area contributed by atoms with E-state index in [0.29, 0.717) is 12.6 Å². The third-order valence-corrected chi connectivity index (χ3v) is 3.05. The van der Waals surface area contributed by atoms with E-state index < -0.39 is 0 Å². The molecular formula is C13H20IN3O. The molecule has 1 aromatic carbocycles. The minimum Gasteiger partial charge on any atom is -0.491 e. The Hall–Kier alpha value is -0.980. The second-order valence-corrected chi connectivity index (χ2v) is 4.02. The van der Waals surface area contributed by atoms with Crippen LogP contribution in [0.25, 0.3) is 0 Å². The molecule has 1 aromatic rings. The average molecular weight is 361 g/mol. The molecule has 5 heteroatoms. The zero-order valence-corrected chi connectivity index (χ0v) is 13.1. The van der Waals surface area contributed by atoms with E-state index in [2.05, 4.69) is 18.8 Å². The lowest BCUT2D eigenvalue weighted by Crippen LogP contribution is -2.37. The van der Waals surface area contributed by atoms with Gasteiger partial charge in [-0.3, -0.25) is 0 Å². The highest BCUT2D eigenvalue weighted by Crippen LogP contribution is 2.34. The number of hydrogen-bond acceptors (Lipinski definition) is 2. The van der Waals surface area contributed by atoms with Crippen molar-refractivity contribution in [2.75, 3.05) is 19.7 Å². The number of guanidine groups is 1. The lowest BCUT2D eigenvalue weighted by atomic mass is 10.1. The Labute approximate surface area is 125 Å². The first-order valence-corrected chi connectivity index (χ1v) is 6.06. The van der Waals surface area contributed by atoms with Crippen molar-refractivity contribution < 1.29 is 4.74 Å². The summed E-state index contributed by atoms with van der Waals surface area (Å²) in [5.41, 5.74) is 7.12. The molecule has 0 spiro atoms. The molecule has 100 valence electrons. The number of nitrogens with two attached hydrogens (primary N) is 1. The fraction of sp³-hybridized carbons (Fsp3) is 0.462. The van der Waals surface area contributed by atoms with Crippen LogP contribution in [0, 0.1) is 0 Å². The zero-order chi connectivity index (χ0) is 12.3. The summed E-state index contributed by atoms with van der Waals surface area (Å²) in [6.07, 6.45) is 0. The van der Waals surface area contributed by atoms with Gasteiger partial charge >= 0.3 is 0 Å². The largest absolute Gasteiger partial charge is 0.491 e. The van der Waals surface area contributed by atoms with Gasteiger partial charge in [0.05, 0.1) is 0 Å². The van der Waals surface area contributed by atoms with Crippen molar-refractivity contribution in [3.05, 3.63) is 29.8 Å². The topological polar surface area (TPSA) is 50.8 Å². The van der Waals surface area contributed by atoms with Gasteiger partial charge in [0.2, 0.25) is 0 Å². The number of hydrogen-bond donors (Lipinski definition) is 1. The normalized spacial score (nSPS) is 17.7. The Morgan fingerprint density at radius 3 is 2.72 bits per heavy atom. The van der Waals surface area contributed by atoms with Crippen LogP contribution in [0.2, 0.25) is 0 Å². The summed E-state index contributed by atoms with van der Waals surface area (Å²) >= 11 is 0. The maximum Gasteiger partial charge on any atom is 0.191 e. The Kier molecular flexibility index (Phi) is 5.71. The number of fused-ring (bicyclic) bond motifs is 1. The van der Waals surface area contributed by atoms with Crippen LogP contribution in [-0.4, -0.2) is 30.6 Å². The van der Waals surface area contributed by atoms with Gasteiger partial charge in [-0.15, -0.1) is 24.0 Å². The third-order valence-electron chi connectivity index (χ3n) is 3.05. The molecule has 2 N–H and O–H groups in total. The van der Waals surface area contributed by atoms with E-state index in [1.54, 1.807) is 0 Å². The SMILES string of the molecule is CCN(CC)C(N)=NC1COc2ccccc21.I. The number of rotatable bonds is 3. The summed E-state index contributed by atoms with van der Waals surface area (Å²) < 4.78 is 5.58. The highest BCUT2D eigenvalue weighted by atomic mass is 127. The number of halogens is 1. The van der Waals surface area contributed by atoms with E-state index in [9.17, 15) is 0 Å². The molecular weight excluding hydrogens is 341 g/mol. The predicted molar refractivity (Wildman–Crippen MR) is 84.6 cm³/mol. The molecule has 4 nitrogen and oxygen atoms in total. The molecule has 0 amide bonds. The van der Waals surface area contributed by atoms with E-state index in [1.165, 1.54) is 0 Å². The van der Waals surface area contributed by atoms with Gasteiger partial charge in [-0.2, -0.15) is 0 Å². The summed E-state index contributed by atoms with van der Waals surface area (Å²) in [5, 5.41) is 0. The molecule has 1 aliphatic rings. The van der Waals surface area contributed by atoms with Crippen LogP contribution in [0.1, 0.15) is 25.5 Å². The zero-order valence-electron chi connectivity index (χ0n) is 10.8. The summed E-state index contributed by atoms with van der Waals surface area (Å²) in [5.74, 6) is 1.52. The van der Waals surface area contributed by atoms with Gasteiger partial charge in [0, 0.05) is 18.7 Å². The van der Waals surface area contributed by atoms with E-state index in [0.717, 1.165) is 24.4 Å². The van der Waals surface area contributed by atoms with E-state index in [-0.39, 0.29) is 30.0 Å². The van der Waals surface area contributed by atoms with Gasteiger partial charge in [0.15, 0.2) is 5.96 Å². The maximum atomic E-state index is 6.00. The first kappa shape index (κ1) is 15.1. The Morgan fingerprint density at radius 2 is 2.06 bits per heavy atom. The van der Waals surface area contributed by atoms with Crippen LogP contribution < -0.4 is 10.5 Å². The van der Waals surface area contributed by atoms with E-state index in [1.807, 2.05) is 29.2 Å². The second-order valence-electron chi connectivity index (χ2n) is 4.02. The highest BCUT2D eigenvalue weighted by molar-refractivity contribution is 14.0. The molecule has 1 unspecified atom stereocenters. The van der Waals surface area contributed by atoms with Crippen LogP contribution in [0.3, 0.4) is 0 Å². The summed E-state index contributed by atoms with van der Waals surface area (Å²) in [6.45, 7) is 6.49. The molecule has 18 heavy (non-hydrogen) atoms. The molecule has 0 radical (unpaired) electrons. The van der Waals surface area contributed by atoms with Crippen LogP contribution in [0.15, 0.2) is 29.3 Å². The molecule has 0 fully saturated rings. The number of para-hydroxylation sites is 1. The lowest BCUT2D eigenvalue weighted by molar-refractivity contribution is 0.332. The van der Waals surface area contributed by atoms with Crippen molar-refractivity contribution in [2.45, 2.75) is 19.9 Å². The molecule has 0 saturated carbocycles. The monoisotopic (exact) mass is 361 g/mol. The number of aliphatic imine (C=N–C) groups is 1. The molecule has 1 aliphatic heterocycles. The molecule has 0 aromatic heterocycles. The van der Waals surface area contributed by atoms with Crippen molar-refractivity contribution in [3.8, 4) is 5.75 Å². The Bertz CT molecular complexity index is 418. The van der Waals surface area contributed by atoms with Gasteiger partial charge < -0.3 is 15.4 Å². The molecule has 2 rings (SSSR count). The van der Waals surface area contributed by atoms with Crippen molar-refractivity contribution in [2.24, 2.45) is 10.7 Å². The van der Waals surface area contributed by atoms with Crippen LogP contribution >= 0.6 is 24.0 Å². The van der Waals surface area contributed by atoms with Gasteiger partial charge in [-0.25, -0.2) is 4.99 Å². The Balaban J connectivity index is 0.00000162. The van der Waals surface area contributed by atoms with Crippen molar-refractivity contribution in [3.63, 3.8) is 0 Å². The average Bonchev–Trinajstić information content (AvgIpc) is 2.74. The number of nitrogens with zero attached hydrogens (tertiary/aromatic N) is 2.